The van der Waals surface area contributed by atoms with Crippen molar-refractivity contribution < 1.29 is 28.4 Å². The number of rotatable bonds is 15. The summed E-state index contributed by atoms with van der Waals surface area (Å²) in [6.07, 6.45) is -0.776. The predicted octanol–water partition coefficient (Wildman–Crippen LogP) is 9.78. The molecule has 4 heterocycles. The van der Waals surface area contributed by atoms with Crippen LogP contribution >= 0.6 is 34.9 Å². The van der Waals surface area contributed by atoms with Crippen molar-refractivity contribution in [3.8, 4) is 0 Å². The highest BCUT2D eigenvalue weighted by Crippen LogP contribution is 2.47. The van der Waals surface area contributed by atoms with Crippen LogP contribution in [0.25, 0.3) is 11.1 Å². The van der Waals surface area contributed by atoms with Gasteiger partial charge in [-0.2, -0.15) is 0 Å². The fourth-order valence-electron chi connectivity index (χ4n) is 8.29. The van der Waals surface area contributed by atoms with Crippen molar-refractivity contribution in [2.24, 2.45) is 5.16 Å². The molecular weight excluding hydrogens is 901 g/mol. The van der Waals surface area contributed by atoms with E-state index < -0.39 is 40.8 Å². The Labute approximate surface area is 398 Å². The number of β-lactam (4-membered cyclic amide) rings is 1. The Bertz CT molecular complexity index is 2950. The molecule has 2 aromatic heterocycles. The minimum absolute atomic E-state index is 0.0584. The number of nitrogens with one attached hydrogen (secondary N) is 2. The number of oxazole rings is 1. The van der Waals surface area contributed by atoms with Crippen LogP contribution in [-0.2, 0) is 29.5 Å². The van der Waals surface area contributed by atoms with E-state index in [9.17, 15) is 14.4 Å². The second-order valence-corrected chi connectivity index (χ2v) is 18.4. The van der Waals surface area contributed by atoms with E-state index in [4.69, 9.17) is 19.0 Å². The van der Waals surface area contributed by atoms with Gasteiger partial charge in [0.15, 0.2) is 22.5 Å². The van der Waals surface area contributed by atoms with Gasteiger partial charge in [-0.15, -0.1) is 23.1 Å². The van der Waals surface area contributed by atoms with Gasteiger partial charge in [-0.25, -0.2) is 14.8 Å². The number of carbonyl (C=O) groups excluding carboxylic acids is 3. The molecule has 6 aromatic carbocycles. The van der Waals surface area contributed by atoms with Crippen LogP contribution in [-0.4, -0.2) is 62.6 Å². The van der Waals surface area contributed by atoms with E-state index in [0.717, 1.165) is 39.6 Å². The SMILES string of the molecule is CON=C(C(=O)NC1C(=O)N2C(C(=O)OC(c3ccccc3)c3ccccc3)=C(Sc3nc4ccccc4o3)CS[C@@H]12)c1csc(NC(c2ccccc2)(c2ccccc2)c2ccccc2)n1. The van der Waals surface area contributed by atoms with Crippen LogP contribution in [0, 0.1) is 0 Å². The molecule has 2 aliphatic rings. The Kier molecular flexibility index (Phi) is 12.4. The Balaban J connectivity index is 0.934. The van der Waals surface area contributed by atoms with Crippen molar-refractivity contribution in [2.75, 3.05) is 18.2 Å². The predicted molar refractivity (Wildman–Crippen MR) is 261 cm³/mol. The minimum Gasteiger partial charge on any atom is -0.448 e. The number of hydrogen-bond acceptors (Lipinski definition) is 13. The maximum absolute atomic E-state index is 14.7. The van der Waals surface area contributed by atoms with Gasteiger partial charge in [0.2, 0.25) is 0 Å². The molecule has 2 amide bonds. The molecule has 2 aliphatic heterocycles. The third kappa shape index (κ3) is 8.60. The summed E-state index contributed by atoms with van der Waals surface area (Å²) in [5.41, 5.74) is 5.01. The van der Waals surface area contributed by atoms with E-state index in [-0.39, 0.29) is 17.1 Å². The van der Waals surface area contributed by atoms with E-state index in [2.05, 4.69) is 57.2 Å². The zero-order valence-corrected chi connectivity index (χ0v) is 38.2. The summed E-state index contributed by atoms with van der Waals surface area (Å²) in [5.74, 6) is -1.59. The minimum atomic E-state index is -1.02. The van der Waals surface area contributed by atoms with Crippen LogP contribution in [0.4, 0.5) is 5.13 Å². The van der Waals surface area contributed by atoms with Gasteiger partial charge in [0.05, 0.1) is 0 Å². The van der Waals surface area contributed by atoms with Gasteiger partial charge < -0.3 is 24.6 Å². The molecule has 1 fully saturated rings. The number of thioether (sulfide) groups is 2. The molecule has 0 aliphatic carbocycles. The first-order valence-corrected chi connectivity index (χ1v) is 24.0. The van der Waals surface area contributed by atoms with E-state index in [1.165, 1.54) is 35.1 Å². The second-order valence-electron chi connectivity index (χ2n) is 15.4. The monoisotopic (exact) mass is 940 g/mol. The smallest absolute Gasteiger partial charge is 0.356 e. The standard InChI is InChI=1S/C52H40N6O6S3/c1-62-57-42(39-31-66-50(53-39)56-52(35-23-11-4-12-24-35,36-25-13-5-14-26-36)37-27-15-6-16-28-37)46(59)55-43-47(60)58-44(41(32-65-48(43)58)67-51-54-38-29-17-18-30-40(38)63-51)49(61)64-45(33-19-7-2-8-20-33)34-21-9-3-10-22-34/h2-31,43,45,48H,32H2,1H3,(H,53,56)(H,55,59)/t43?,48-/m0/s1. The summed E-state index contributed by atoms with van der Waals surface area (Å²) in [6.45, 7) is 0. The van der Waals surface area contributed by atoms with Gasteiger partial charge in [-0.1, -0.05) is 169 Å². The molecule has 332 valence electrons. The van der Waals surface area contributed by atoms with Crippen molar-refractivity contribution in [3.05, 3.63) is 225 Å². The third-order valence-corrected chi connectivity index (χ3v) is 14.5. The summed E-state index contributed by atoms with van der Waals surface area (Å²) < 4.78 is 12.4. The molecule has 1 unspecified atom stereocenters. The van der Waals surface area contributed by atoms with Crippen molar-refractivity contribution in [1.82, 2.24) is 20.2 Å². The van der Waals surface area contributed by atoms with Crippen LogP contribution in [0.1, 0.15) is 39.6 Å². The number of hydrogen-bond donors (Lipinski definition) is 2. The zero-order chi connectivity index (χ0) is 45.7. The zero-order valence-electron chi connectivity index (χ0n) is 35.7. The maximum Gasteiger partial charge on any atom is 0.356 e. The van der Waals surface area contributed by atoms with Crippen molar-refractivity contribution in [2.45, 2.75) is 28.3 Å². The van der Waals surface area contributed by atoms with Gasteiger partial charge in [0, 0.05) is 16.0 Å². The van der Waals surface area contributed by atoms with Gasteiger partial charge in [0.25, 0.3) is 17.0 Å². The van der Waals surface area contributed by atoms with Gasteiger partial charge in [0.1, 0.15) is 41.0 Å². The van der Waals surface area contributed by atoms with Gasteiger partial charge >= 0.3 is 5.97 Å². The molecule has 0 bridgehead atoms. The average molecular weight is 941 g/mol. The number of aromatic nitrogens is 2. The molecule has 0 spiro atoms. The molecule has 12 nitrogen and oxygen atoms in total. The number of benzene rings is 6. The number of anilines is 1. The number of para-hydroxylation sites is 2. The maximum atomic E-state index is 14.7. The first kappa shape index (κ1) is 43.4. The lowest BCUT2D eigenvalue weighted by Crippen LogP contribution is -2.71. The van der Waals surface area contributed by atoms with Crippen LogP contribution in [0.15, 0.2) is 207 Å². The number of carbonyl (C=O) groups is 3. The Morgan fingerprint density at radius 3 is 1.90 bits per heavy atom. The number of amides is 2. The molecule has 2 N–H and O–H groups in total. The third-order valence-electron chi connectivity index (χ3n) is 11.4. The Morgan fingerprint density at radius 2 is 1.33 bits per heavy atom. The van der Waals surface area contributed by atoms with E-state index in [0.29, 0.717) is 32.1 Å². The fourth-order valence-corrected chi connectivity index (χ4v) is 11.4. The lowest BCUT2D eigenvalue weighted by Gasteiger charge is -2.49. The number of thiazole rings is 1. The first-order chi connectivity index (χ1) is 32.9. The lowest BCUT2D eigenvalue weighted by atomic mass is 9.77. The summed E-state index contributed by atoms with van der Waals surface area (Å²) >= 11 is 3.87. The molecule has 2 atom stereocenters. The van der Waals surface area contributed by atoms with Crippen LogP contribution in [0.5, 0.6) is 0 Å². The quantitative estimate of drug-likeness (QED) is 0.0333. The number of fused-ring (bicyclic) bond motifs is 2. The van der Waals surface area contributed by atoms with E-state index in [1.54, 1.807) is 5.38 Å². The molecule has 67 heavy (non-hydrogen) atoms. The topological polar surface area (TPSA) is 148 Å². The summed E-state index contributed by atoms with van der Waals surface area (Å²) in [7, 11) is 1.34. The lowest BCUT2D eigenvalue weighted by molar-refractivity contribution is -0.154. The highest BCUT2D eigenvalue weighted by Gasteiger charge is 2.55. The van der Waals surface area contributed by atoms with Crippen molar-refractivity contribution in [1.29, 1.82) is 0 Å². The highest BCUT2D eigenvalue weighted by atomic mass is 32.2. The van der Waals surface area contributed by atoms with Gasteiger partial charge in [-0.05, 0) is 51.7 Å². The van der Waals surface area contributed by atoms with Gasteiger partial charge in [-0.3, -0.25) is 14.5 Å². The summed E-state index contributed by atoms with van der Waals surface area (Å²) in [5, 5.41) is 12.6. The molecule has 10 rings (SSSR count). The average Bonchev–Trinajstić information content (AvgIpc) is 4.03. The number of oxime groups is 1. The first-order valence-electron chi connectivity index (χ1n) is 21.3. The molecule has 0 saturated carbocycles. The normalized spacial score (nSPS) is 16.1. The highest BCUT2D eigenvalue weighted by molar-refractivity contribution is 8.06. The van der Waals surface area contributed by atoms with Crippen LogP contribution < -0.4 is 10.6 Å². The largest absolute Gasteiger partial charge is 0.448 e. The number of ether oxygens (including phenoxy) is 1. The van der Waals surface area contributed by atoms with Crippen LogP contribution in [0.3, 0.4) is 0 Å². The van der Waals surface area contributed by atoms with Crippen LogP contribution in [0.2, 0.25) is 0 Å². The molecule has 8 aromatic rings. The molecule has 0 radical (unpaired) electrons. The second kappa shape index (κ2) is 19.2. The molecule has 1 saturated heterocycles. The van der Waals surface area contributed by atoms with E-state index in [1.807, 2.05) is 140 Å². The summed E-state index contributed by atoms with van der Waals surface area (Å²) in [6, 6.07) is 55.5. The Hall–Kier alpha value is -7.46. The summed E-state index contributed by atoms with van der Waals surface area (Å²) in [4.78, 5) is 60.0. The number of esters is 1. The Morgan fingerprint density at radius 1 is 0.776 bits per heavy atom. The van der Waals surface area contributed by atoms with E-state index >= 15 is 0 Å². The number of nitrogens with zero attached hydrogens (tertiary/aromatic N) is 4. The molecular formula is C52H40N6O6S3. The van der Waals surface area contributed by atoms with Crippen molar-refractivity contribution >= 4 is 74.6 Å². The molecule has 15 heteroatoms. The fraction of sp³-hybridized carbons (Fsp3) is 0.115. The van der Waals surface area contributed by atoms with Crippen molar-refractivity contribution in [3.63, 3.8) is 0 Å².